The van der Waals surface area contributed by atoms with Crippen molar-refractivity contribution in [3.8, 4) is 11.5 Å². The topological polar surface area (TPSA) is 18.5 Å². The van der Waals surface area contributed by atoms with E-state index in [0.717, 1.165) is 49.4 Å². The molecular weight excluding hydrogens is 248 g/mol. The first-order valence-corrected chi connectivity index (χ1v) is 7.93. The lowest BCUT2D eigenvalue weighted by Crippen LogP contribution is -2.01. The smallest absolute Gasteiger partial charge is 0.122 e. The molecule has 0 N–H and O–H groups in total. The van der Waals surface area contributed by atoms with Crippen LogP contribution in [0.4, 0.5) is 0 Å². The zero-order valence-electron chi connectivity index (χ0n) is 13.5. The molecule has 0 saturated heterocycles. The SMILES string of the molecule is CC(C)CCCOc1cccc(OCCCC(C)C)c1. The Hall–Kier alpha value is -1.18. The Morgan fingerprint density at radius 3 is 1.65 bits per heavy atom. The molecule has 2 nitrogen and oxygen atoms in total. The lowest BCUT2D eigenvalue weighted by atomic mass is 10.1. The second-order valence-electron chi connectivity index (χ2n) is 6.24. The van der Waals surface area contributed by atoms with Crippen LogP contribution in [0.25, 0.3) is 0 Å². The van der Waals surface area contributed by atoms with Crippen molar-refractivity contribution in [2.75, 3.05) is 13.2 Å². The van der Waals surface area contributed by atoms with Gasteiger partial charge in [0.1, 0.15) is 11.5 Å². The molecule has 0 amide bonds. The second-order valence-corrected chi connectivity index (χ2v) is 6.24. The van der Waals surface area contributed by atoms with Crippen LogP contribution < -0.4 is 9.47 Å². The van der Waals surface area contributed by atoms with Crippen molar-refractivity contribution in [2.45, 2.75) is 53.4 Å². The molecule has 20 heavy (non-hydrogen) atoms. The second kappa shape index (κ2) is 9.68. The van der Waals surface area contributed by atoms with E-state index in [1.807, 2.05) is 24.3 Å². The van der Waals surface area contributed by atoms with Gasteiger partial charge in [0.15, 0.2) is 0 Å². The van der Waals surface area contributed by atoms with Crippen molar-refractivity contribution >= 4 is 0 Å². The van der Waals surface area contributed by atoms with E-state index in [1.165, 1.54) is 12.8 Å². The van der Waals surface area contributed by atoms with E-state index in [0.29, 0.717) is 0 Å². The number of hydrogen-bond donors (Lipinski definition) is 0. The maximum absolute atomic E-state index is 5.76. The minimum Gasteiger partial charge on any atom is -0.493 e. The van der Waals surface area contributed by atoms with Gasteiger partial charge in [0.2, 0.25) is 0 Å². The van der Waals surface area contributed by atoms with E-state index in [4.69, 9.17) is 9.47 Å². The van der Waals surface area contributed by atoms with E-state index < -0.39 is 0 Å². The highest BCUT2D eigenvalue weighted by Gasteiger charge is 2.00. The molecule has 0 spiro atoms. The highest BCUT2D eigenvalue weighted by Crippen LogP contribution is 2.20. The Kier molecular flexibility index (Phi) is 8.17. The van der Waals surface area contributed by atoms with Gasteiger partial charge in [-0.3, -0.25) is 0 Å². The first-order chi connectivity index (χ1) is 9.58. The van der Waals surface area contributed by atoms with Crippen molar-refractivity contribution < 1.29 is 9.47 Å². The lowest BCUT2D eigenvalue weighted by Gasteiger charge is -2.10. The van der Waals surface area contributed by atoms with Crippen LogP contribution >= 0.6 is 0 Å². The third-order valence-electron chi connectivity index (χ3n) is 3.19. The molecule has 0 saturated carbocycles. The highest BCUT2D eigenvalue weighted by molar-refractivity contribution is 5.32. The van der Waals surface area contributed by atoms with E-state index >= 15 is 0 Å². The zero-order chi connectivity index (χ0) is 14.8. The summed E-state index contributed by atoms with van der Waals surface area (Å²) in [6, 6.07) is 7.98. The van der Waals surface area contributed by atoms with Crippen molar-refractivity contribution in [1.29, 1.82) is 0 Å². The van der Waals surface area contributed by atoms with Gasteiger partial charge in [-0.25, -0.2) is 0 Å². The quantitative estimate of drug-likeness (QED) is 0.539. The van der Waals surface area contributed by atoms with Crippen molar-refractivity contribution in [3.05, 3.63) is 24.3 Å². The summed E-state index contributed by atoms with van der Waals surface area (Å²) in [5.74, 6) is 3.31. The minimum absolute atomic E-state index is 0.745. The number of hydrogen-bond acceptors (Lipinski definition) is 2. The molecule has 2 heteroatoms. The Balaban J connectivity index is 2.26. The summed E-state index contributed by atoms with van der Waals surface area (Å²) in [6.45, 7) is 10.5. The molecule has 0 atom stereocenters. The largest absolute Gasteiger partial charge is 0.493 e. The van der Waals surface area contributed by atoms with Crippen LogP contribution in [0.3, 0.4) is 0 Å². The fourth-order valence-corrected chi connectivity index (χ4v) is 2.02. The molecule has 0 aromatic heterocycles. The van der Waals surface area contributed by atoms with E-state index in [-0.39, 0.29) is 0 Å². The molecule has 0 aliphatic carbocycles. The zero-order valence-corrected chi connectivity index (χ0v) is 13.5. The third kappa shape index (κ3) is 8.08. The van der Waals surface area contributed by atoms with Crippen LogP contribution in [-0.4, -0.2) is 13.2 Å². The predicted octanol–water partition coefficient (Wildman–Crippen LogP) is 5.32. The molecule has 0 unspecified atom stereocenters. The molecule has 0 bridgehead atoms. The van der Waals surface area contributed by atoms with Gasteiger partial charge >= 0.3 is 0 Å². The van der Waals surface area contributed by atoms with E-state index in [1.54, 1.807) is 0 Å². The summed E-state index contributed by atoms with van der Waals surface area (Å²) < 4.78 is 11.5. The monoisotopic (exact) mass is 278 g/mol. The maximum atomic E-state index is 5.76. The van der Waals surface area contributed by atoms with Crippen LogP contribution in [0.5, 0.6) is 11.5 Å². The van der Waals surface area contributed by atoms with Gasteiger partial charge in [-0.05, 0) is 49.7 Å². The predicted molar refractivity (Wildman–Crippen MR) is 85.6 cm³/mol. The Labute approximate surface area is 124 Å². The van der Waals surface area contributed by atoms with Crippen LogP contribution in [0, 0.1) is 11.8 Å². The van der Waals surface area contributed by atoms with Crippen molar-refractivity contribution in [3.63, 3.8) is 0 Å². The van der Waals surface area contributed by atoms with Gasteiger partial charge in [0.25, 0.3) is 0 Å². The van der Waals surface area contributed by atoms with E-state index in [9.17, 15) is 0 Å². The fourth-order valence-electron chi connectivity index (χ4n) is 2.02. The Morgan fingerprint density at radius 1 is 0.800 bits per heavy atom. The first kappa shape index (κ1) is 16.9. The summed E-state index contributed by atoms with van der Waals surface area (Å²) in [4.78, 5) is 0. The van der Waals surface area contributed by atoms with Gasteiger partial charge < -0.3 is 9.47 Å². The molecule has 0 aliphatic rings. The molecule has 1 aromatic rings. The molecule has 0 heterocycles. The minimum atomic E-state index is 0.745. The molecule has 0 radical (unpaired) electrons. The van der Waals surface area contributed by atoms with Crippen molar-refractivity contribution in [2.24, 2.45) is 11.8 Å². The standard InChI is InChI=1S/C18H30O2/c1-15(2)8-6-12-19-17-10-5-11-18(14-17)20-13-7-9-16(3)4/h5,10-11,14-16H,6-9,12-13H2,1-4H3. The normalized spacial score (nSPS) is 11.1. The van der Waals surface area contributed by atoms with Gasteiger partial charge in [-0.15, -0.1) is 0 Å². The molecule has 0 fully saturated rings. The van der Waals surface area contributed by atoms with Crippen LogP contribution in [-0.2, 0) is 0 Å². The number of rotatable bonds is 10. The van der Waals surface area contributed by atoms with Gasteiger partial charge in [0.05, 0.1) is 13.2 Å². The molecule has 114 valence electrons. The lowest BCUT2D eigenvalue weighted by molar-refractivity contribution is 0.284. The Morgan fingerprint density at radius 2 is 1.25 bits per heavy atom. The summed E-state index contributed by atoms with van der Waals surface area (Å²) in [5.41, 5.74) is 0. The van der Waals surface area contributed by atoms with Crippen LogP contribution in [0.15, 0.2) is 24.3 Å². The van der Waals surface area contributed by atoms with Gasteiger partial charge in [0, 0.05) is 6.07 Å². The molecule has 0 aliphatic heterocycles. The van der Waals surface area contributed by atoms with Crippen LogP contribution in [0.2, 0.25) is 0 Å². The number of ether oxygens (including phenoxy) is 2. The first-order valence-electron chi connectivity index (χ1n) is 7.93. The molecule has 1 rings (SSSR count). The maximum Gasteiger partial charge on any atom is 0.122 e. The summed E-state index contributed by atoms with van der Waals surface area (Å²) in [6.07, 6.45) is 4.64. The summed E-state index contributed by atoms with van der Waals surface area (Å²) >= 11 is 0. The average Bonchev–Trinajstić information content (AvgIpc) is 2.40. The van der Waals surface area contributed by atoms with Crippen LogP contribution in [0.1, 0.15) is 53.4 Å². The highest BCUT2D eigenvalue weighted by atomic mass is 16.5. The van der Waals surface area contributed by atoms with Crippen molar-refractivity contribution in [1.82, 2.24) is 0 Å². The summed E-state index contributed by atoms with van der Waals surface area (Å²) in [7, 11) is 0. The third-order valence-corrected chi connectivity index (χ3v) is 3.19. The van der Waals surface area contributed by atoms with Gasteiger partial charge in [-0.2, -0.15) is 0 Å². The average molecular weight is 278 g/mol. The Bertz CT molecular complexity index is 327. The summed E-state index contributed by atoms with van der Waals surface area (Å²) in [5, 5.41) is 0. The molecular formula is C18H30O2. The molecule has 1 aromatic carbocycles. The number of benzene rings is 1. The fraction of sp³-hybridized carbons (Fsp3) is 0.667. The van der Waals surface area contributed by atoms with E-state index in [2.05, 4.69) is 27.7 Å². The van der Waals surface area contributed by atoms with Gasteiger partial charge in [-0.1, -0.05) is 33.8 Å².